The van der Waals surface area contributed by atoms with Crippen LogP contribution in [0.15, 0.2) is 47.4 Å². The lowest BCUT2D eigenvalue weighted by atomic mass is 10.2. The Balaban J connectivity index is 2.06. The number of nitrogens with one attached hydrogen (secondary N) is 1. The molecule has 0 heterocycles. The van der Waals surface area contributed by atoms with E-state index in [9.17, 15) is 9.59 Å². The van der Waals surface area contributed by atoms with Gasteiger partial charge in [-0.1, -0.05) is 23.7 Å². The molecule has 2 aromatic carbocycles. The summed E-state index contributed by atoms with van der Waals surface area (Å²) >= 11 is 7.49. The molecule has 6 nitrogen and oxygen atoms in total. The molecule has 8 heteroatoms. The van der Waals surface area contributed by atoms with Crippen LogP contribution in [0, 0.1) is 0 Å². The molecule has 0 spiro atoms. The van der Waals surface area contributed by atoms with Gasteiger partial charge in [-0.25, -0.2) is 0 Å². The first-order chi connectivity index (χ1) is 12.4. The zero-order valence-corrected chi connectivity index (χ0v) is 15.9. The van der Waals surface area contributed by atoms with E-state index in [1.165, 1.54) is 18.9 Å². The lowest BCUT2D eigenvalue weighted by Gasteiger charge is -2.15. The molecule has 0 radical (unpaired) electrons. The van der Waals surface area contributed by atoms with E-state index in [1.54, 1.807) is 31.2 Å². The molecule has 2 amide bonds. The van der Waals surface area contributed by atoms with Gasteiger partial charge in [0, 0.05) is 16.6 Å². The molecule has 0 aliphatic rings. The number of carbonyl (C=O) groups is 2. The average Bonchev–Trinajstić information content (AvgIpc) is 2.62. The van der Waals surface area contributed by atoms with Gasteiger partial charge in [-0.05, 0) is 31.2 Å². The third-order valence-corrected chi connectivity index (χ3v) is 4.93. The summed E-state index contributed by atoms with van der Waals surface area (Å²) in [5.74, 6) is -0.0505. The lowest BCUT2D eigenvalue weighted by Crippen LogP contribution is -2.22. The number of ether oxygens (including phenoxy) is 2. The Kier molecular flexibility index (Phi) is 7.17. The first-order valence-electron chi connectivity index (χ1n) is 7.72. The number of benzene rings is 2. The van der Waals surface area contributed by atoms with E-state index >= 15 is 0 Å². The van der Waals surface area contributed by atoms with Crippen LogP contribution in [0.3, 0.4) is 0 Å². The minimum absolute atomic E-state index is 0.194. The predicted octanol–water partition coefficient (Wildman–Crippen LogP) is 3.33. The number of methoxy groups -OCH3 is 1. The first kappa shape index (κ1) is 19.9. The molecule has 0 bridgehead atoms. The van der Waals surface area contributed by atoms with Crippen LogP contribution in [0.25, 0.3) is 0 Å². The van der Waals surface area contributed by atoms with Crippen LogP contribution in [0.1, 0.15) is 6.92 Å². The minimum Gasteiger partial charge on any atom is -0.493 e. The molecule has 138 valence electrons. The molecule has 3 N–H and O–H groups in total. The molecule has 1 atom stereocenters. The van der Waals surface area contributed by atoms with Gasteiger partial charge in [-0.2, -0.15) is 0 Å². The largest absolute Gasteiger partial charge is 0.493 e. The fraction of sp³-hybridized carbons (Fsp3) is 0.222. The molecular weight excluding hydrogens is 376 g/mol. The molecule has 2 aromatic rings. The van der Waals surface area contributed by atoms with Crippen LogP contribution in [0.5, 0.6) is 11.5 Å². The molecule has 26 heavy (non-hydrogen) atoms. The molecule has 0 saturated carbocycles. The zero-order chi connectivity index (χ0) is 19.1. The Labute approximate surface area is 161 Å². The topological polar surface area (TPSA) is 90.7 Å². The molecule has 0 aliphatic heterocycles. The van der Waals surface area contributed by atoms with Gasteiger partial charge >= 0.3 is 0 Å². The summed E-state index contributed by atoms with van der Waals surface area (Å²) in [6, 6.07) is 12.2. The van der Waals surface area contributed by atoms with E-state index < -0.39 is 5.91 Å². The average molecular weight is 395 g/mol. The maximum atomic E-state index is 12.4. The van der Waals surface area contributed by atoms with Gasteiger partial charge in [0.2, 0.25) is 5.91 Å². The highest BCUT2D eigenvalue weighted by Gasteiger charge is 2.17. The highest BCUT2D eigenvalue weighted by atomic mass is 35.5. The van der Waals surface area contributed by atoms with Gasteiger partial charge in [-0.15, -0.1) is 11.8 Å². The Morgan fingerprint density at radius 2 is 1.96 bits per heavy atom. The van der Waals surface area contributed by atoms with Crippen molar-refractivity contribution >= 4 is 40.9 Å². The van der Waals surface area contributed by atoms with E-state index in [0.29, 0.717) is 22.2 Å². The van der Waals surface area contributed by atoms with Gasteiger partial charge in [0.15, 0.2) is 18.1 Å². The van der Waals surface area contributed by atoms with Gasteiger partial charge in [0.05, 0.1) is 17.4 Å². The molecule has 0 saturated heterocycles. The third kappa shape index (κ3) is 5.57. The van der Waals surface area contributed by atoms with Crippen molar-refractivity contribution in [2.24, 2.45) is 5.73 Å². The summed E-state index contributed by atoms with van der Waals surface area (Å²) < 4.78 is 10.5. The van der Waals surface area contributed by atoms with Crippen LogP contribution >= 0.6 is 23.4 Å². The monoisotopic (exact) mass is 394 g/mol. The van der Waals surface area contributed by atoms with E-state index in [2.05, 4.69) is 5.32 Å². The zero-order valence-electron chi connectivity index (χ0n) is 14.3. The fourth-order valence-electron chi connectivity index (χ4n) is 2.04. The smallest absolute Gasteiger partial charge is 0.255 e. The lowest BCUT2D eigenvalue weighted by molar-refractivity contribution is -0.120. The summed E-state index contributed by atoms with van der Waals surface area (Å²) in [7, 11) is 1.48. The van der Waals surface area contributed by atoms with Crippen molar-refractivity contribution < 1.29 is 19.1 Å². The van der Waals surface area contributed by atoms with Crippen molar-refractivity contribution in [2.75, 3.05) is 19.0 Å². The maximum absolute atomic E-state index is 12.4. The van der Waals surface area contributed by atoms with Gasteiger partial charge in [0.25, 0.3) is 5.91 Å². The van der Waals surface area contributed by atoms with E-state index in [0.717, 1.165) is 4.90 Å². The number of amides is 2. The number of hydrogen-bond acceptors (Lipinski definition) is 5. The van der Waals surface area contributed by atoms with E-state index in [4.69, 9.17) is 26.8 Å². The highest BCUT2D eigenvalue weighted by Crippen LogP contribution is 2.32. The van der Waals surface area contributed by atoms with Crippen molar-refractivity contribution in [3.63, 3.8) is 0 Å². The Hall–Kier alpha value is -2.38. The number of primary amides is 1. The summed E-state index contributed by atoms with van der Waals surface area (Å²) in [6.45, 7) is 1.50. The van der Waals surface area contributed by atoms with Crippen molar-refractivity contribution in [3.8, 4) is 11.5 Å². The standard InChI is InChI=1S/C18H19ClN2O4S/c1-11(26-16-6-4-3-5-13(16)19)18(23)21-12-7-8-14(24-2)15(9-12)25-10-17(20)22/h3-9,11H,10H2,1-2H3,(H2,20,22)(H,21,23). The molecule has 0 aromatic heterocycles. The number of hydrogen-bond donors (Lipinski definition) is 2. The van der Waals surface area contributed by atoms with Gasteiger partial charge < -0.3 is 20.5 Å². The summed E-state index contributed by atoms with van der Waals surface area (Å²) in [4.78, 5) is 24.2. The number of nitrogens with two attached hydrogens (primary N) is 1. The van der Waals surface area contributed by atoms with E-state index in [1.807, 2.05) is 18.2 Å². The van der Waals surface area contributed by atoms with Crippen LogP contribution in [-0.4, -0.2) is 30.8 Å². The van der Waals surface area contributed by atoms with Crippen LogP contribution in [-0.2, 0) is 9.59 Å². The normalized spacial score (nSPS) is 11.5. The Bertz CT molecular complexity index is 801. The molecule has 0 fully saturated rings. The van der Waals surface area contributed by atoms with Crippen molar-refractivity contribution in [1.82, 2.24) is 0 Å². The second-order valence-electron chi connectivity index (χ2n) is 5.30. The summed E-state index contributed by atoms with van der Waals surface area (Å²) in [6.07, 6.45) is 0. The van der Waals surface area contributed by atoms with Crippen LogP contribution in [0.4, 0.5) is 5.69 Å². The SMILES string of the molecule is COc1ccc(NC(=O)C(C)Sc2ccccc2Cl)cc1OCC(N)=O. The summed E-state index contributed by atoms with van der Waals surface area (Å²) in [5, 5.41) is 3.04. The highest BCUT2D eigenvalue weighted by molar-refractivity contribution is 8.00. The molecule has 2 rings (SSSR count). The number of thioether (sulfide) groups is 1. The Morgan fingerprint density at radius 1 is 1.23 bits per heavy atom. The number of rotatable bonds is 8. The molecule has 0 aliphatic carbocycles. The quantitative estimate of drug-likeness (QED) is 0.670. The van der Waals surface area contributed by atoms with Crippen LogP contribution < -0.4 is 20.5 Å². The molecule has 1 unspecified atom stereocenters. The van der Waals surface area contributed by atoms with Crippen molar-refractivity contribution in [3.05, 3.63) is 47.5 Å². The van der Waals surface area contributed by atoms with E-state index in [-0.39, 0.29) is 17.8 Å². The summed E-state index contributed by atoms with van der Waals surface area (Å²) in [5.41, 5.74) is 5.60. The number of carbonyl (C=O) groups excluding carboxylic acids is 2. The van der Waals surface area contributed by atoms with Crippen molar-refractivity contribution in [1.29, 1.82) is 0 Å². The predicted molar refractivity (Wildman–Crippen MR) is 103 cm³/mol. The third-order valence-electron chi connectivity index (χ3n) is 3.31. The van der Waals surface area contributed by atoms with Crippen LogP contribution in [0.2, 0.25) is 5.02 Å². The maximum Gasteiger partial charge on any atom is 0.255 e. The molecular formula is C18H19ClN2O4S. The van der Waals surface area contributed by atoms with Gasteiger partial charge in [-0.3, -0.25) is 9.59 Å². The van der Waals surface area contributed by atoms with Gasteiger partial charge in [0.1, 0.15) is 0 Å². The first-order valence-corrected chi connectivity index (χ1v) is 8.97. The Morgan fingerprint density at radius 3 is 2.62 bits per heavy atom. The second kappa shape index (κ2) is 9.35. The number of halogens is 1. The minimum atomic E-state index is -0.605. The number of anilines is 1. The fourth-order valence-corrected chi connectivity index (χ4v) is 3.20. The second-order valence-corrected chi connectivity index (χ2v) is 7.09. The van der Waals surface area contributed by atoms with Crippen molar-refractivity contribution in [2.45, 2.75) is 17.1 Å².